The zero-order valence-corrected chi connectivity index (χ0v) is 12.6. The fourth-order valence-electron chi connectivity index (χ4n) is 2.54. The number of rotatable bonds is 5. The molecule has 0 atom stereocenters. The first-order valence-corrected chi connectivity index (χ1v) is 7.64. The smallest absolute Gasteiger partial charge is 0.289 e. The summed E-state index contributed by atoms with van der Waals surface area (Å²) in [4.78, 5) is 14.7. The number of hydrogen-bond donors (Lipinski definition) is 1. The highest BCUT2D eigenvalue weighted by atomic mass is 16.3. The normalized spacial score (nSPS) is 14.8. The Morgan fingerprint density at radius 1 is 1.38 bits per heavy atom. The fraction of sp³-hybridized carbons (Fsp3) is 0.471. The van der Waals surface area contributed by atoms with Crippen LogP contribution >= 0.6 is 0 Å². The third-order valence-corrected chi connectivity index (χ3v) is 3.95. The molecule has 2 N–H and O–H groups in total. The van der Waals surface area contributed by atoms with Crippen LogP contribution in [-0.4, -0.2) is 23.4 Å². The summed E-state index contributed by atoms with van der Waals surface area (Å²) >= 11 is 0. The number of furan rings is 1. The lowest BCUT2D eigenvalue weighted by Crippen LogP contribution is -2.34. The summed E-state index contributed by atoms with van der Waals surface area (Å²) in [5.74, 6) is 1.02. The molecule has 1 fully saturated rings. The molecule has 21 heavy (non-hydrogen) atoms. The van der Waals surface area contributed by atoms with E-state index in [1.54, 1.807) is 12.1 Å². The predicted octanol–water partition coefficient (Wildman–Crippen LogP) is 3.67. The van der Waals surface area contributed by atoms with E-state index < -0.39 is 0 Å². The van der Waals surface area contributed by atoms with Crippen LogP contribution < -0.4 is 5.73 Å². The summed E-state index contributed by atoms with van der Waals surface area (Å²) in [6.45, 7) is 5.17. The molecule has 1 saturated carbocycles. The molecule has 3 rings (SSSR count). The van der Waals surface area contributed by atoms with Crippen molar-refractivity contribution in [3.8, 4) is 0 Å². The van der Waals surface area contributed by atoms with Gasteiger partial charge in [-0.05, 0) is 49.4 Å². The third kappa shape index (κ3) is 3.04. The first-order valence-electron chi connectivity index (χ1n) is 7.64. The van der Waals surface area contributed by atoms with Gasteiger partial charge in [-0.2, -0.15) is 0 Å². The van der Waals surface area contributed by atoms with Gasteiger partial charge in [0.2, 0.25) is 0 Å². The van der Waals surface area contributed by atoms with Gasteiger partial charge < -0.3 is 15.1 Å². The Morgan fingerprint density at radius 3 is 2.81 bits per heavy atom. The van der Waals surface area contributed by atoms with Crippen LogP contribution in [0.3, 0.4) is 0 Å². The molecule has 1 aromatic heterocycles. The Kier molecular flexibility index (Phi) is 3.62. The number of anilines is 1. The van der Waals surface area contributed by atoms with Crippen LogP contribution in [0.15, 0.2) is 28.7 Å². The van der Waals surface area contributed by atoms with Crippen LogP contribution in [0.25, 0.3) is 11.0 Å². The van der Waals surface area contributed by atoms with Crippen molar-refractivity contribution in [2.45, 2.75) is 39.2 Å². The molecule has 2 aromatic rings. The van der Waals surface area contributed by atoms with Gasteiger partial charge in [0.15, 0.2) is 5.76 Å². The van der Waals surface area contributed by atoms with Gasteiger partial charge in [-0.25, -0.2) is 0 Å². The van der Waals surface area contributed by atoms with Gasteiger partial charge in [0, 0.05) is 23.7 Å². The van der Waals surface area contributed by atoms with Crippen molar-refractivity contribution in [2.24, 2.45) is 5.92 Å². The number of fused-ring (bicyclic) bond motifs is 1. The molecule has 1 heterocycles. The van der Waals surface area contributed by atoms with Crippen molar-refractivity contribution in [1.82, 2.24) is 4.90 Å². The largest absolute Gasteiger partial charge is 0.451 e. The Bertz CT molecular complexity index is 656. The Balaban J connectivity index is 1.83. The number of amides is 1. The molecule has 0 saturated heterocycles. The molecule has 1 aromatic carbocycles. The van der Waals surface area contributed by atoms with Crippen molar-refractivity contribution in [3.05, 3.63) is 30.0 Å². The quantitative estimate of drug-likeness (QED) is 0.853. The Hall–Kier alpha value is -1.97. The van der Waals surface area contributed by atoms with E-state index in [1.165, 1.54) is 0 Å². The standard InChI is InChI=1S/C17H22N2O2/c1-11(2)7-8-19(14-4-5-14)17(20)16-10-12-9-13(18)3-6-15(12)21-16/h3,6,9-11,14H,4-5,7-8,18H2,1-2H3. The molecule has 1 aliphatic carbocycles. The van der Waals surface area contributed by atoms with E-state index in [2.05, 4.69) is 13.8 Å². The molecule has 0 bridgehead atoms. The number of nitrogens with zero attached hydrogens (tertiary/aromatic N) is 1. The minimum absolute atomic E-state index is 0.00733. The van der Waals surface area contributed by atoms with Crippen LogP contribution in [0, 0.1) is 5.92 Å². The SMILES string of the molecule is CC(C)CCN(C(=O)c1cc2cc(N)ccc2o1)C1CC1. The number of nitrogen functional groups attached to an aromatic ring is 1. The molecule has 4 heteroatoms. The van der Waals surface area contributed by atoms with Crippen molar-refractivity contribution in [1.29, 1.82) is 0 Å². The second kappa shape index (κ2) is 5.43. The molecule has 112 valence electrons. The number of hydrogen-bond acceptors (Lipinski definition) is 3. The molecular formula is C17H22N2O2. The Morgan fingerprint density at radius 2 is 2.14 bits per heavy atom. The van der Waals surface area contributed by atoms with Crippen LogP contribution in [0.2, 0.25) is 0 Å². The van der Waals surface area contributed by atoms with E-state index in [1.807, 2.05) is 17.0 Å². The molecule has 0 radical (unpaired) electrons. The van der Waals surface area contributed by atoms with Crippen LogP contribution in [0.1, 0.15) is 43.7 Å². The topological polar surface area (TPSA) is 59.5 Å². The van der Waals surface area contributed by atoms with E-state index in [0.717, 1.165) is 31.2 Å². The summed E-state index contributed by atoms with van der Waals surface area (Å²) in [7, 11) is 0. The van der Waals surface area contributed by atoms with Gasteiger partial charge in [0.25, 0.3) is 5.91 Å². The van der Waals surface area contributed by atoms with Crippen LogP contribution in [0.4, 0.5) is 5.69 Å². The van der Waals surface area contributed by atoms with Gasteiger partial charge in [-0.1, -0.05) is 13.8 Å². The van der Waals surface area contributed by atoms with E-state index in [0.29, 0.717) is 29.0 Å². The third-order valence-electron chi connectivity index (χ3n) is 3.95. The van der Waals surface area contributed by atoms with E-state index >= 15 is 0 Å². The van der Waals surface area contributed by atoms with Crippen molar-refractivity contribution in [3.63, 3.8) is 0 Å². The average Bonchev–Trinajstić information content (AvgIpc) is 3.17. The lowest BCUT2D eigenvalue weighted by Gasteiger charge is -2.22. The van der Waals surface area contributed by atoms with Crippen LogP contribution in [0.5, 0.6) is 0 Å². The highest BCUT2D eigenvalue weighted by molar-refractivity contribution is 5.97. The molecule has 1 aliphatic rings. The summed E-state index contributed by atoms with van der Waals surface area (Å²) in [6.07, 6.45) is 3.24. The first-order chi connectivity index (χ1) is 10.0. The van der Waals surface area contributed by atoms with Gasteiger partial charge >= 0.3 is 0 Å². The minimum Gasteiger partial charge on any atom is -0.451 e. The lowest BCUT2D eigenvalue weighted by molar-refractivity contribution is 0.0705. The first kappa shape index (κ1) is 14.0. The van der Waals surface area contributed by atoms with Gasteiger partial charge in [-0.15, -0.1) is 0 Å². The van der Waals surface area contributed by atoms with Gasteiger partial charge in [0.1, 0.15) is 5.58 Å². The van der Waals surface area contributed by atoms with Gasteiger partial charge in [-0.3, -0.25) is 4.79 Å². The number of benzene rings is 1. The highest BCUT2D eigenvalue weighted by Crippen LogP contribution is 2.30. The maximum absolute atomic E-state index is 12.7. The van der Waals surface area contributed by atoms with Crippen molar-refractivity contribution >= 4 is 22.6 Å². The monoisotopic (exact) mass is 286 g/mol. The summed E-state index contributed by atoms with van der Waals surface area (Å²) in [6, 6.07) is 7.65. The average molecular weight is 286 g/mol. The molecule has 0 unspecified atom stereocenters. The molecular weight excluding hydrogens is 264 g/mol. The Labute approximate surface area is 124 Å². The van der Waals surface area contributed by atoms with E-state index in [4.69, 9.17) is 10.2 Å². The van der Waals surface area contributed by atoms with Crippen molar-refractivity contribution in [2.75, 3.05) is 12.3 Å². The molecule has 4 nitrogen and oxygen atoms in total. The molecule has 1 amide bonds. The second-order valence-electron chi connectivity index (χ2n) is 6.32. The lowest BCUT2D eigenvalue weighted by atomic mass is 10.1. The molecule has 0 spiro atoms. The van der Waals surface area contributed by atoms with Gasteiger partial charge in [0.05, 0.1) is 0 Å². The molecule has 0 aliphatic heterocycles. The fourth-order valence-corrected chi connectivity index (χ4v) is 2.54. The van der Waals surface area contributed by atoms with E-state index in [9.17, 15) is 4.79 Å². The van der Waals surface area contributed by atoms with Crippen LogP contribution in [-0.2, 0) is 0 Å². The maximum atomic E-state index is 12.7. The number of nitrogens with two attached hydrogens (primary N) is 1. The number of carbonyl (C=O) groups excluding carboxylic acids is 1. The zero-order chi connectivity index (χ0) is 15.0. The summed E-state index contributed by atoms with van der Waals surface area (Å²) in [5, 5.41) is 0.887. The van der Waals surface area contributed by atoms with Crippen molar-refractivity contribution < 1.29 is 9.21 Å². The predicted molar refractivity (Wildman–Crippen MR) is 84.1 cm³/mol. The number of carbonyl (C=O) groups is 1. The zero-order valence-electron chi connectivity index (χ0n) is 12.6. The van der Waals surface area contributed by atoms with E-state index in [-0.39, 0.29) is 5.91 Å². The highest BCUT2D eigenvalue weighted by Gasteiger charge is 2.34. The summed E-state index contributed by atoms with van der Waals surface area (Å²) in [5.41, 5.74) is 7.17. The summed E-state index contributed by atoms with van der Waals surface area (Å²) < 4.78 is 5.70. The maximum Gasteiger partial charge on any atom is 0.289 e. The second-order valence-corrected chi connectivity index (χ2v) is 6.32. The minimum atomic E-state index is 0.00733.